The second kappa shape index (κ2) is 6.69. The number of carbonyl (C=O) groups excluding carboxylic acids is 2. The van der Waals surface area contributed by atoms with E-state index in [-0.39, 0.29) is 24.1 Å². The van der Waals surface area contributed by atoms with Crippen LogP contribution in [-0.4, -0.2) is 52.4 Å². The number of nitrogens with one attached hydrogen (secondary N) is 2. The van der Waals surface area contributed by atoms with E-state index in [0.717, 1.165) is 0 Å². The molecule has 1 aliphatic heterocycles. The van der Waals surface area contributed by atoms with E-state index in [1.165, 1.54) is 25.1 Å². The summed E-state index contributed by atoms with van der Waals surface area (Å²) in [5.41, 5.74) is 0.663. The number of rotatable bonds is 4. The molecule has 9 heteroatoms. The van der Waals surface area contributed by atoms with Gasteiger partial charge in [-0.05, 0) is 12.1 Å². The van der Waals surface area contributed by atoms with Crippen molar-refractivity contribution in [3.05, 3.63) is 30.6 Å². The molecule has 0 saturated heterocycles. The molecule has 0 saturated carbocycles. The molecule has 0 aliphatic carbocycles. The largest absolute Gasteiger partial charge is 0.477 e. The van der Waals surface area contributed by atoms with Crippen LogP contribution in [0.1, 0.15) is 0 Å². The Morgan fingerprint density at radius 3 is 3.04 bits per heavy atom. The van der Waals surface area contributed by atoms with Gasteiger partial charge in [0.25, 0.3) is 5.91 Å². The number of benzene rings is 1. The van der Waals surface area contributed by atoms with Crippen molar-refractivity contribution >= 4 is 29.3 Å². The van der Waals surface area contributed by atoms with E-state index in [4.69, 9.17) is 4.74 Å². The zero-order valence-corrected chi connectivity index (χ0v) is 13.2. The highest BCUT2D eigenvalue weighted by Gasteiger charge is 2.33. The Morgan fingerprint density at radius 1 is 1.48 bits per heavy atom. The number of para-hydroxylation sites is 2. The predicted octanol–water partition coefficient (Wildman–Crippen LogP) is 0.437. The van der Waals surface area contributed by atoms with Gasteiger partial charge in [-0.1, -0.05) is 23.9 Å². The number of fused-ring (bicyclic) bond motifs is 1. The van der Waals surface area contributed by atoms with Gasteiger partial charge >= 0.3 is 0 Å². The normalized spacial score (nSPS) is 16.4. The summed E-state index contributed by atoms with van der Waals surface area (Å²) in [4.78, 5) is 30.0. The Hall–Kier alpha value is -2.55. The zero-order valence-electron chi connectivity index (χ0n) is 12.4. The minimum Gasteiger partial charge on any atom is -0.477 e. The monoisotopic (exact) mass is 333 g/mol. The average molecular weight is 333 g/mol. The number of anilines is 1. The lowest BCUT2D eigenvalue weighted by Gasteiger charge is -2.33. The van der Waals surface area contributed by atoms with Crippen LogP contribution < -0.4 is 15.0 Å². The molecule has 1 unspecified atom stereocenters. The van der Waals surface area contributed by atoms with E-state index in [2.05, 4.69) is 20.5 Å². The number of carbonyl (C=O) groups is 2. The van der Waals surface area contributed by atoms with Crippen LogP contribution in [0.3, 0.4) is 0 Å². The predicted molar refractivity (Wildman–Crippen MR) is 84.4 cm³/mol. The highest BCUT2D eigenvalue weighted by atomic mass is 32.2. The van der Waals surface area contributed by atoms with Crippen LogP contribution in [-0.2, 0) is 9.59 Å². The summed E-state index contributed by atoms with van der Waals surface area (Å²) in [6, 6.07) is 7.17. The van der Waals surface area contributed by atoms with Crippen molar-refractivity contribution in [1.29, 1.82) is 0 Å². The molecule has 1 atom stereocenters. The van der Waals surface area contributed by atoms with E-state index < -0.39 is 6.10 Å². The van der Waals surface area contributed by atoms with Gasteiger partial charge in [0.15, 0.2) is 11.3 Å². The van der Waals surface area contributed by atoms with Gasteiger partial charge in [0.2, 0.25) is 5.91 Å². The van der Waals surface area contributed by atoms with Gasteiger partial charge < -0.3 is 15.0 Å². The number of H-pyrrole nitrogens is 1. The van der Waals surface area contributed by atoms with Gasteiger partial charge in [-0.15, -0.1) is 0 Å². The molecule has 1 aliphatic rings. The SMILES string of the molecule is CNC(=O)C1CN(C(=O)CSc2ncn[nH]2)c2ccccc2O1. The number of hydrogen-bond donors (Lipinski definition) is 2. The molecule has 120 valence electrons. The van der Waals surface area contributed by atoms with Crippen molar-refractivity contribution < 1.29 is 14.3 Å². The lowest BCUT2D eigenvalue weighted by molar-refractivity contribution is -0.127. The summed E-state index contributed by atoms with van der Waals surface area (Å²) < 4.78 is 5.67. The number of aromatic nitrogens is 3. The number of amides is 2. The lowest BCUT2D eigenvalue weighted by Crippen LogP contribution is -2.50. The van der Waals surface area contributed by atoms with Gasteiger partial charge in [-0.2, -0.15) is 5.10 Å². The summed E-state index contributed by atoms with van der Waals surface area (Å²) in [6.45, 7) is 0.173. The number of ether oxygens (including phenoxy) is 1. The first-order chi connectivity index (χ1) is 11.2. The first kappa shape index (κ1) is 15.3. The summed E-state index contributed by atoms with van der Waals surface area (Å²) in [5.74, 6) is 0.311. The molecule has 2 aromatic rings. The number of aromatic amines is 1. The molecule has 2 heterocycles. The van der Waals surface area contributed by atoms with Crippen molar-refractivity contribution in [2.45, 2.75) is 11.3 Å². The van der Waals surface area contributed by atoms with Gasteiger partial charge in [-0.3, -0.25) is 14.7 Å². The van der Waals surface area contributed by atoms with Crippen LogP contribution in [0, 0.1) is 0 Å². The molecule has 8 nitrogen and oxygen atoms in total. The molecule has 3 rings (SSSR count). The van der Waals surface area contributed by atoms with Crippen LogP contribution in [0.2, 0.25) is 0 Å². The molecule has 2 amide bonds. The van der Waals surface area contributed by atoms with E-state index in [1.54, 1.807) is 23.1 Å². The van der Waals surface area contributed by atoms with Gasteiger partial charge in [0.05, 0.1) is 18.0 Å². The standard InChI is InChI=1S/C14H15N5O3S/c1-15-13(21)11-6-19(9-4-2-3-5-10(9)22-11)12(20)7-23-14-16-8-17-18-14/h2-5,8,11H,6-7H2,1H3,(H,15,21)(H,16,17,18). The Bertz CT molecular complexity index is 706. The van der Waals surface area contributed by atoms with Crippen molar-refractivity contribution in [2.75, 3.05) is 24.2 Å². The minimum absolute atomic E-state index is 0.129. The van der Waals surface area contributed by atoms with Crippen molar-refractivity contribution in [3.63, 3.8) is 0 Å². The molecule has 0 bridgehead atoms. The summed E-state index contributed by atoms with van der Waals surface area (Å²) in [6.07, 6.45) is 0.660. The molecule has 1 aromatic heterocycles. The number of thioether (sulfide) groups is 1. The summed E-state index contributed by atoms with van der Waals surface area (Å²) >= 11 is 1.26. The third kappa shape index (κ3) is 3.29. The first-order valence-electron chi connectivity index (χ1n) is 6.95. The molecular formula is C14H15N5O3S. The van der Waals surface area contributed by atoms with Crippen LogP contribution in [0.5, 0.6) is 5.75 Å². The third-order valence-electron chi connectivity index (χ3n) is 3.34. The van der Waals surface area contributed by atoms with E-state index in [0.29, 0.717) is 16.6 Å². The molecule has 23 heavy (non-hydrogen) atoms. The third-order valence-corrected chi connectivity index (χ3v) is 4.20. The maximum absolute atomic E-state index is 12.6. The molecule has 0 spiro atoms. The Morgan fingerprint density at radius 2 is 2.30 bits per heavy atom. The van der Waals surface area contributed by atoms with E-state index >= 15 is 0 Å². The number of hydrogen-bond acceptors (Lipinski definition) is 6. The smallest absolute Gasteiger partial charge is 0.262 e. The lowest BCUT2D eigenvalue weighted by atomic mass is 10.2. The van der Waals surface area contributed by atoms with Gasteiger partial charge in [0, 0.05) is 7.05 Å². The summed E-state index contributed by atoms with van der Waals surface area (Å²) in [5, 5.41) is 9.55. The fourth-order valence-corrected chi connectivity index (χ4v) is 2.89. The second-order valence-electron chi connectivity index (χ2n) is 4.77. The molecule has 1 aromatic carbocycles. The van der Waals surface area contributed by atoms with E-state index in [1.807, 2.05) is 6.07 Å². The minimum atomic E-state index is -0.728. The van der Waals surface area contributed by atoms with Crippen molar-refractivity contribution in [2.24, 2.45) is 0 Å². The van der Waals surface area contributed by atoms with Gasteiger partial charge in [-0.25, -0.2) is 4.98 Å². The Kier molecular flexibility index (Phi) is 4.47. The number of likely N-dealkylation sites (N-methyl/N-ethyl adjacent to an activating group) is 1. The maximum atomic E-state index is 12.6. The maximum Gasteiger partial charge on any atom is 0.262 e. The Labute approximate surface area is 136 Å². The quantitative estimate of drug-likeness (QED) is 0.788. The number of nitrogens with zero attached hydrogens (tertiary/aromatic N) is 3. The van der Waals surface area contributed by atoms with E-state index in [9.17, 15) is 9.59 Å². The van der Waals surface area contributed by atoms with Crippen molar-refractivity contribution in [1.82, 2.24) is 20.5 Å². The summed E-state index contributed by atoms with van der Waals surface area (Å²) in [7, 11) is 1.54. The van der Waals surface area contributed by atoms with Crippen LogP contribution >= 0.6 is 11.8 Å². The fraction of sp³-hybridized carbons (Fsp3) is 0.286. The highest BCUT2D eigenvalue weighted by Crippen LogP contribution is 2.33. The Balaban J connectivity index is 1.78. The zero-order chi connectivity index (χ0) is 16.2. The first-order valence-corrected chi connectivity index (χ1v) is 7.93. The highest BCUT2D eigenvalue weighted by molar-refractivity contribution is 7.99. The van der Waals surface area contributed by atoms with Crippen LogP contribution in [0.15, 0.2) is 35.7 Å². The molecular weight excluding hydrogens is 318 g/mol. The van der Waals surface area contributed by atoms with Crippen LogP contribution in [0.4, 0.5) is 5.69 Å². The average Bonchev–Trinajstić information content (AvgIpc) is 3.11. The molecule has 2 N–H and O–H groups in total. The van der Waals surface area contributed by atoms with Crippen molar-refractivity contribution in [3.8, 4) is 5.75 Å². The van der Waals surface area contributed by atoms with Crippen LogP contribution in [0.25, 0.3) is 0 Å². The second-order valence-corrected chi connectivity index (χ2v) is 5.74. The molecule has 0 fully saturated rings. The molecule has 0 radical (unpaired) electrons. The topological polar surface area (TPSA) is 100 Å². The fourth-order valence-electron chi connectivity index (χ4n) is 2.24. The van der Waals surface area contributed by atoms with Gasteiger partial charge in [0.1, 0.15) is 12.1 Å².